The minimum Gasteiger partial charge on any atom is -0.350 e. The van der Waals surface area contributed by atoms with E-state index in [1.165, 1.54) is 12.1 Å². The normalized spacial score (nSPS) is 10.3. The summed E-state index contributed by atoms with van der Waals surface area (Å²) in [5.74, 6) is 0.378. The van der Waals surface area contributed by atoms with E-state index in [0.29, 0.717) is 12.5 Å². The highest BCUT2D eigenvalue weighted by molar-refractivity contribution is 5.30. The van der Waals surface area contributed by atoms with E-state index in [2.05, 4.69) is 15.3 Å². The number of hydrogen-bond donors (Lipinski definition) is 1. The smallest absolute Gasteiger partial charge is 0.223 e. The molecule has 0 amide bonds. The highest BCUT2D eigenvalue weighted by Gasteiger charge is 1.99. The Morgan fingerprint density at radius 1 is 1.06 bits per heavy atom. The average molecular weight is 231 g/mol. The Balaban J connectivity index is 2.04. The van der Waals surface area contributed by atoms with Crippen molar-refractivity contribution in [2.45, 2.75) is 20.4 Å². The first-order valence-electron chi connectivity index (χ1n) is 5.44. The van der Waals surface area contributed by atoms with Crippen LogP contribution in [0.25, 0.3) is 0 Å². The van der Waals surface area contributed by atoms with Crippen LogP contribution >= 0.6 is 0 Å². The Morgan fingerprint density at radius 2 is 1.65 bits per heavy atom. The number of aryl methyl sites for hydroxylation is 2. The number of benzene rings is 1. The zero-order valence-corrected chi connectivity index (χ0v) is 9.87. The molecule has 0 saturated heterocycles. The number of rotatable bonds is 3. The zero-order chi connectivity index (χ0) is 12.3. The number of nitrogens with zero attached hydrogens (tertiary/aromatic N) is 2. The molecule has 0 spiro atoms. The summed E-state index contributed by atoms with van der Waals surface area (Å²) in [6.07, 6.45) is 0. The summed E-state index contributed by atoms with van der Waals surface area (Å²) in [6, 6.07) is 8.29. The first-order valence-corrected chi connectivity index (χ1v) is 5.44. The molecule has 2 aromatic rings. The molecule has 88 valence electrons. The number of nitrogens with one attached hydrogen (secondary N) is 1. The van der Waals surface area contributed by atoms with Crippen molar-refractivity contribution in [1.82, 2.24) is 9.97 Å². The third-order valence-corrected chi connectivity index (χ3v) is 2.35. The molecule has 1 aromatic heterocycles. The molecule has 0 bridgehead atoms. The van der Waals surface area contributed by atoms with Crippen LogP contribution in [0, 0.1) is 19.7 Å². The summed E-state index contributed by atoms with van der Waals surface area (Å²) < 4.78 is 12.7. The van der Waals surface area contributed by atoms with Gasteiger partial charge in [-0.15, -0.1) is 0 Å². The van der Waals surface area contributed by atoms with Crippen molar-refractivity contribution >= 4 is 5.95 Å². The minimum absolute atomic E-state index is 0.226. The molecule has 0 radical (unpaired) electrons. The molecule has 0 saturated carbocycles. The van der Waals surface area contributed by atoms with Crippen LogP contribution in [0.4, 0.5) is 10.3 Å². The Labute approximate surface area is 99.7 Å². The molecular weight excluding hydrogens is 217 g/mol. The van der Waals surface area contributed by atoms with Crippen LogP contribution in [0.2, 0.25) is 0 Å². The van der Waals surface area contributed by atoms with Gasteiger partial charge in [-0.25, -0.2) is 14.4 Å². The highest BCUT2D eigenvalue weighted by Crippen LogP contribution is 2.07. The lowest BCUT2D eigenvalue weighted by Crippen LogP contribution is -2.05. The molecule has 2 rings (SSSR count). The molecule has 1 N–H and O–H groups in total. The summed E-state index contributed by atoms with van der Waals surface area (Å²) in [5, 5.41) is 3.12. The Morgan fingerprint density at radius 3 is 2.24 bits per heavy atom. The average Bonchev–Trinajstić information content (AvgIpc) is 2.27. The molecule has 0 atom stereocenters. The zero-order valence-electron chi connectivity index (χ0n) is 9.87. The largest absolute Gasteiger partial charge is 0.350 e. The molecule has 0 aliphatic carbocycles. The van der Waals surface area contributed by atoms with Gasteiger partial charge in [0.25, 0.3) is 0 Å². The SMILES string of the molecule is Cc1cc(C)nc(NCc2ccc(F)cc2)n1. The molecule has 0 fully saturated rings. The first kappa shape index (κ1) is 11.5. The third-order valence-electron chi connectivity index (χ3n) is 2.35. The van der Waals surface area contributed by atoms with E-state index in [1.54, 1.807) is 12.1 Å². The standard InChI is InChI=1S/C13H14FN3/c1-9-7-10(2)17-13(16-9)15-8-11-3-5-12(14)6-4-11/h3-7H,8H2,1-2H3,(H,15,16,17). The predicted octanol–water partition coefficient (Wildman–Crippen LogP) is 2.84. The molecule has 17 heavy (non-hydrogen) atoms. The van der Waals surface area contributed by atoms with E-state index in [1.807, 2.05) is 19.9 Å². The van der Waals surface area contributed by atoms with Crippen LogP contribution in [-0.2, 0) is 6.54 Å². The topological polar surface area (TPSA) is 37.8 Å². The van der Waals surface area contributed by atoms with E-state index in [9.17, 15) is 4.39 Å². The second-order valence-corrected chi connectivity index (χ2v) is 3.95. The van der Waals surface area contributed by atoms with Gasteiger partial charge in [0.15, 0.2) is 0 Å². The van der Waals surface area contributed by atoms with Crippen molar-refractivity contribution in [1.29, 1.82) is 0 Å². The number of hydrogen-bond acceptors (Lipinski definition) is 3. The van der Waals surface area contributed by atoms with Gasteiger partial charge >= 0.3 is 0 Å². The van der Waals surface area contributed by atoms with Crippen LogP contribution in [0.5, 0.6) is 0 Å². The van der Waals surface area contributed by atoms with Crippen molar-refractivity contribution < 1.29 is 4.39 Å². The van der Waals surface area contributed by atoms with E-state index >= 15 is 0 Å². The maximum atomic E-state index is 12.7. The molecule has 1 heterocycles. The van der Waals surface area contributed by atoms with Gasteiger partial charge in [-0.1, -0.05) is 12.1 Å². The van der Waals surface area contributed by atoms with Crippen molar-refractivity contribution in [2.24, 2.45) is 0 Å². The van der Waals surface area contributed by atoms with Crippen LogP contribution < -0.4 is 5.32 Å². The molecule has 0 aliphatic heterocycles. The predicted molar refractivity (Wildman–Crippen MR) is 65.2 cm³/mol. The summed E-state index contributed by atoms with van der Waals surface area (Å²) in [5.41, 5.74) is 2.85. The fraction of sp³-hybridized carbons (Fsp3) is 0.231. The van der Waals surface area contributed by atoms with Gasteiger partial charge in [-0.3, -0.25) is 0 Å². The van der Waals surface area contributed by atoms with Crippen LogP contribution in [-0.4, -0.2) is 9.97 Å². The fourth-order valence-corrected chi connectivity index (χ4v) is 1.59. The fourth-order valence-electron chi connectivity index (χ4n) is 1.59. The summed E-state index contributed by atoms with van der Waals surface area (Å²) in [7, 11) is 0. The lowest BCUT2D eigenvalue weighted by Gasteiger charge is -2.06. The van der Waals surface area contributed by atoms with Gasteiger partial charge in [0.2, 0.25) is 5.95 Å². The monoisotopic (exact) mass is 231 g/mol. The molecule has 3 nitrogen and oxygen atoms in total. The van der Waals surface area contributed by atoms with Crippen molar-refractivity contribution in [3.63, 3.8) is 0 Å². The Kier molecular flexibility index (Phi) is 3.32. The van der Waals surface area contributed by atoms with Gasteiger partial charge in [0.05, 0.1) is 0 Å². The highest BCUT2D eigenvalue weighted by atomic mass is 19.1. The first-order chi connectivity index (χ1) is 8.13. The van der Waals surface area contributed by atoms with Crippen LogP contribution in [0.1, 0.15) is 17.0 Å². The Bertz CT molecular complexity index is 488. The molecule has 1 aromatic carbocycles. The second kappa shape index (κ2) is 4.91. The number of halogens is 1. The molecular formula is C13H14FN3. The lowest BCUT2D eigenvalue weighted by molar-refractivity contribution is 0.627. The quantitative estimate of drug-likeness (QED) is 0.882. The van der Waals surface area contributed by atoms with Crippen molar-refractivity contribution in [3.8, 4) is 0 Å². The minimum atomic E-state index is -0.226. The van der Waals surface area contributed by atoms with Gasteiger partial charge in [0, 0.05) is 17.9 Å². The Hall–Kier alpha value is -1.97. The van der Waals surface area contributed by atoms with E-state index in [0.717, 1.165) is 17.0 Å². The molecule has 4 heteroatoms. The van der Waals surface area contributed by atoms with Crippen molar-refractivity contribution in [2.75, 3.05) is 5.32 Å². The maximum Gasteiger partial charge on any atom is 0.223 e. The summed E-state index contributed by atoms with van der Waals surface area (Å²) in [4.78, 5) is 8.54. The van der Waals surface area contributed by atoms with Crippen LogP contribution in [0.3, 0.4) is 0 Å². The van der Waals surface area contributed by atoms with E-state index < -0.39 is 0 Å². The second-order valence-electron chi connectivity index (χ2n) is 3.95. The van der Waals surface area contributed by atoms with E-state index in [4.69, 9.17) is 0 Å². The number of anilines is 1. The molecule has 0 unspecified atom stereocenters. The third kappa shape index (κ3) is 3.24. The van der Waals surface area contributed by atoms with Gasteiger partial charge < -0.3 is 5.32 Å². The van der Waals surface area contributed by atoms with Crippen LogP contribution in [0.15, 0.2) is 30.3 Å². The van der Waals surface area contributed by atoms with Gasteiger partial charge in [0.1, 0.15) is 5.82 Å². The lowest BCUT2D eigenvalue weighted by atomic mass is 10.2. The van der Waals surface area contributed by atoms with Crippen molar-refractivity contribution in [3.05, 3.63) is 53.1 Å². The van der Waals surface area contributed by atoms with Gasteiger partial charge in [-0.05, 0) is 37.6 Å². The maximum absolute atomic E-state index is 12.7. The summed E-state index contributed by atoms with van der Waals surface area (Å²) in [6.45, 7) is 4.44. The van der Waals surface area contributed by atoms with E-state index in [-0.39, 0.29) is 5.82 Å². The van der Waals surface area contributed by atoms with Gasteiger partial charge in [-0.2, -0.15) is 0 Å². The summed E-state index contributed by atoms with van der Waals surface area (Å²) >= 11 is 0. The molecule has 0 aliphatic rings. The number of aromatic nitrogens is 2.